The zero-order chi connectivity index (χ0) is 99.5. The molecule has 6 aromatic rings. The number of nitrogens with zero attached hydrogens (tertiary/aromatic N) is 7. The molecule has 1 spiro atoms. The molecule has 2 bridgehead atoms. The molecule has 5 aliphatic heterocycles. The van der Waals surface area contributed by atoms with Crippen molar-refractivity contribution < 1.29 is 121 Å². The van der Waals surface area contributed by atoms with Crippen LogP contribution in [0.2, 0.25) is 0 Å². The van der Waals surface area contributed by atoms with Gasteiger partial charge in [-0.2, -0.15) is 52.9 Å². The predicted molar refractivity (Wildman–Crippen MR) is 480 cm³/mol. The molecule has 3 aromatic heterocycles. The number of hydrogen-bond donors (Lipinski definition) is 14. The number of fused-ring (bicyclic) bond motifs is 7. The molecule has 0 radical (unpaired) electrons. The molecule has 44 nitrogen and oxygen atoms in total. The number of Topliss-reactive ketones (excluding diaryl/α,β-unsaturated/α-hetero) is 3. The first-order valence-corrected chi connectivity index (χ1v) is 45.7. The highest BCUT2D eigenvalue weighted by Gasteiger charge is 2.79. The Morgan fingerprint density at radius 2 is 1.46 bits per heavy atom. The second-order valence-corrected chi connectivity index (χ2v) is 36.0. The van der Waals surface area contributed by atoms with Crippen molar-refractivity contribution in [3.8, 4) is 5.75 Å². The highest BCUT2D eigenvalue weighted by atomic mass is 33.1. The van der Waals surface area contributed by atoms with E-state index < -0.39 is 105 Å². The molecule has 46 heteroatoms. The van der Waals surface area contributed by atoms with Crippen molar-refractivity contribution in [2.24, 2.45) is 39.6 Å². The van der Waals surface area contributed by atoms with Crippen molar-refractivity contribution in [3.05, 3.63) is 123 Å². The van der Waals surface area contributed by atoms with Gasteiger partial charge in [0.2, 0.25) is 17.8 Å². The number of anilines is 3. The van der Waals surface area contributed by atoms with Crippen LogP contribution in [0.25, 0.3) is 22.1 Å². The van der Waals surface area contributed by atoms with E-state index in [0.29, 0.717) is 137 Å². The van der Waals surface area contributed by atoms with Crippen LogP contribution in [0.15, 0.2) is 88.8 Å². The second-order valence-electron chi connectivity index (χ2n) is 33.3. The highest BCUT2D eigenvalue weighted by Crippen LogP contribution is 2.68. The lowest BCUT2D eigenvalue weighted by atomic mass is 9.47. The molecule has 135 heavy (non-hydrogen) atoms. The Morgan fingerprint density at radius 3 is 2.13 bits per heavy atom. The van der Waals surface area contributed by atoms with Crippen LogP contribution in [0.1, 0.15) is 157 Å². The average Bonchev–Trinajstić information content (AvgIpc) is 1.48. The Kier molecular flexibility index (Phi) is 41.2. The van der Waals surface area contributed by atoms with Gasteiger partial charge < -0.3 is 77.9 Å². The molecule has 3 aromatic carbocycles. The number of aromatic amines is 2. The van der Waals surface area contributed by atoms with E-state index in [4.69, 9.17) is 79.4 Å². The van der Waals surface area contributed by atoms with Crippen LogP contribution in [0, 0.1) is 23.2 Å². The van der Waals surface area contributed by atoms with E-state index in [1.807, 2.05) is 55.2 Å². The maximum absolute atomic E-state index is 15.3. The lowest BCUT2D eigenvalue weighted by molar-refractivity contribution is -0.204. The molecule has 726 valence electrons. The monoisotopic (exact) mass is 1910 g/mol. The van der Waals surface area contributed by atoms with Crippen LogP contribution in [0.5, 0.6) is 5.75 Å². The number of benzene rings is 3. The summed E-state index contributed by atoms with van der Waals surface area (Å²) in [5, 5.41) is 51.4. The van der Waals surface area contributed by atoms with E-state index in [-0.39, 0.29) is 142 Å². The number of hydrazine groups is 1. The van der Waals surface area contributed by atoms with Crippen LogP contribution in [-0.2, 0) is 115 Å². The Morgan fingerprint density at radius 1 is 0.785 bits per heavy atom. The summed E-state index contributed by atoms with van der Waals surface area (Å²) in [4.78, 5) is 244. The maximum Gasteiger partial charge on any atom is 0.426 e. The SMILES string of the molecule is CC[C@]1(O)C[C@H]2CN(CCc3c([nH]c4ccccc34)[C@@](COC=O)(c3cc4c(cc3OC)N(C)[C@H]3[C@](O)(C(=O)NNC(=O)OCCSSCCCC(=O)[C@H](C)NC(=O)[C@H](C)CC(=O)[C@H](CCCN=C(N)N)NC(=O)[C@H](C)CC(=O)CCCNC(=O)c5ccc(NCc6cnc7nc(N)[nH]c(=O)c7n6)cc5)[C@H](O)[C@]5(CC)C=CCN6CC[C@]43[C@@H]65)C2)C1.O=C=O.O=C=O.O=C=O.O=C=O.O=C=O. The number of nitrogens with one attached hydrogen (secondary N) is 8. The molecule has 2 saturated heterocycles. The first-order valence-electron chi connectivity index (χ1n) is 43.2. The number of carbonyl (C=O) groups excluding carboxylic acids is 19. The van der Waals surface area contributed by atoms with Gasteiger partial charge in [0, 0.05) is 157 Å². The summed E-state index contributed by atoms with van der Waals surface area (Å²) in [7, 11) is 6.22. The zero-order valence-corrected chi connectivity index (χ0v) is 77.1. The third-order valence-electron chi connectivity index (χ3n) is 25.1. The predicted octanol–water partition coefficient (Wildman–Crippen LogP) is 1.48. The fourth-order valence-electron chi connectivity index (χ4n) is 19.4. The standard InChI is InChI=1S/C84H112N18O16S2.5CO2/c1-8-80(114)40-51-41-82(46-117-47-103,67-57(25-31-101(44-51)45-80)56-17-10-11-18-60(56)94-67)59-38-58-62(39-65(59)116-7)100(6)74-83(58)27-32-102-30-15-26-81(9-2,73(83)102)75(111)84(74,115)76(112)98-99-79(113)118-33-35-120-119-34-14-20-63(105)50(5)92-69(107)49(4)37-64(106)61(19-13-29-89-77(85)86)95-70(108)48(3)36-55(104)16-12-28-88-71(109)52-21-23-53(24-22-52)90-42-54-43-91-68-66(93-54)72(110)97-78(87)96-68;5*2-1-3/h10-11,15,17-18,21-24,26,38-39,43,47-51,61,73-75,90,94,111,114-115H,8-9,12-14,16,19-20,25,27-37,40-42,44-46H2,1-7H3,(H,88,109)(H,92,107)(H,95,108)(H,98,112)(H,99,113)(H4,85,86,89)(H3,87,91,96,97,110);;;;;/t48-,49-,50+,51-,61+,73+,74-,75-,80+,81-,82+,83-,84-;;;;;/m1...../s1. The number of carbonyl (C=O) groups is 9. The number of nitrogen functional groups attached to an aromatic ring is 1. The topological polar surface area (TPSA) is 672 Å². The van der Waals surface area contributed by atoms with E-state index in [2.05, 4.69) is 84.0 Å². The van der Waals surface area contributed by atoms with Crippen molar-refractivity contribution in [2.45, 2.75) is 183 Å². The Balaban J connectivity index is 0.00000155. The van der Waals surface area contributed by atoms with Gasteiger partial charge in [0.05, 0.1) is 54.7 Å². The third-order valence-corrected chi connectivity index (χ3v) is 27.5. The van der Waals surface area contributed by atoms with Gasteiger partial charge in [0.25, 0.3) is 23.8 Å². The molecule has 3 fully saturated rings. The quantitative estimate of drug-likeness (QED) is 0.00496. The van der Waals surface area contributed by atoms with Crippen molar-refractivity contribution in [1.82, 2.24) is 61.5 Å². The van der Waals surface area contributed by atoms with Crippen molar-refractivity contribution >= 4 is 151 Å². The fourth-order valence-corrected chi connectivity index (χ4v) is 21.3. The van der Waals surface area contributed by atoms with Crippen molar-refractivity contribution in [1.29, 1.82) is 0 Å². The van der Waals surface area contributed by atoms with Gasteiger partial charge in [0.15, 0.2) is 34.3 Å². The number of nitrogens with two attached hydrogens (primary N) is 3. The van der Waals surface area contributed by atoms with Gasteiger partial charge in [-0.05, 0) is 131 Å². The number of aliphatic imine (C=N–C) groups is 1. The largest absolute Gasteiger partial charge is 0.496 e. The van der Waals surface area contributed by atoms with E-state index in [1.54, 1.807) is 59.2 Å². The number of amides is 5. The number of likely N-dealkylation sites (N-methyl/N-ethyl adjacent to an activating group) is 1. The number of piperidine rings is 1. The van der Waals surface area contributed by atoms with Gasteiger partial charge in [0.1, 0.15) is 30.9 Å². The molecule has 6 aliphatic rings. The molecule has 14 atom stereocenters. The minimum Gasteiger partial charge on any atom is -0.496 e. The zero-order valence-electron chi connectivity index (χ0n) is 75.5. The van der Waals surface area contributed by atoms with E-state index in [9.17, 15) is 58.5 Å². The smallest absolute Gasteiger partial charge is 0.426 e. The van der Waals surface area contributed by atoms with Crippen molar-refractivity contribution in [3.63, 3.8) is 0 Å². The number of aliphatic hydroxyl groups excluding tert-OH is 1. The van der Waals surface area contributed by atoms with Gasteiger partial charge in [-0.25, -0.2) is 20.2 Å². The Labute approximate surface area is 781 Å². The molecular weight excluding hydrogens is 1800 g/mol. The van der Waals surface area contributed by atoms with Gasteiger partial charge >= 0.3 is 36.9 Å². The molecule has 17 N–H and O–H groups in total. The Bertz CT molecular complexity index is 5430. The van der Waals surface area contributed by atoms with E-state index in [0.717, 1.165) is 33.3 Å². The van der Waals surface area contributed by atoms with Crippen LogP contribution >= 0.6 is 21.6 Å². The molecule has 1 unspecified atom stereocenters. The summed E-state index contributed by atoms with van der Waals surface area (Å²) in [6.07, 6.45) is 7.88. The minimum atomic E-state index is -2.58. The molecule has 12 rings (SSSR count). The summed E-state index contributed by atoms with van der Waals surface area (Å²) in [5.74, 6) is -4.10. The van der Waals surface area contributed by atoms with Crippen LogP contribution in [-0.4, -0.2) is 266 Å². The highest BCUT2D eigenvalue weighted by molar-refractivity contribution is 8.76. The lowest BCUT2D eigenvalue weighted by Crippen LogP contribution is -2.82. The lowest BCUT2D eigenvalue weighted by Gasteiger charge is -2.63. The normalized spacial score (nSPS) is 22.4. The minimum absolute atomic E-state index is 0.0511. The number of aliphatic hydroxyl groups is 3. The molecule has 8 heterocycles. The Hall–Kier alpha value is -13.3. The molecular formula is C89H112N18O26S2. The summed E-state index contributed by atoms with van der Waals surface area (Å²) < 4.78 is 18.0. The maximum atomic E-state index is 15.3. The third kappa shape index (κ3) is 26.4. The summed E-state index contributed by atoms with van der Waals surface area (Å²) in [6, 6.07) is 15.4. The summed E-state index contributed by atoms with van der Waals surface area (Å²) in [6.45, 7) is 12.6. The molecule has 1 aliphatic carbocycles. The number of para-hydroxylation sites is 1. The number of guanidine groups is 1. The number of ketones is 3. The first kappa shape index (κ1) is 109. The summed E-state index contributed by atoms with van der Waals surface area (Å²) >= 11 is 0. The number of H-pyrrole nitrogens is 2. The average molecular weight is 1910 g/mol. The van der Waals surface area contributed by atoms with Crippen molar-refractivity contribution in [2.75, 3.05) is 101 Å². The van der Waals surface area contributed by atoms with Crippen LogP contribution in [0.3, 0.4) is 0 Å². The van der Waals surface area contributed by atoms with Crippen LogP contribution in [0.4, 0.5) is 22.1 Å². The second kappa shape index (κ2) is 51.2. The van der Waals surface area contributed by atoms with E-state index in [1.165, 1.54) is 27.8 Å². The molecule has 1 saturated carbocycles. The van der Waals surface area contributed by atoms with Gasteiger partial charge in [-0.1, -0.05) is 79.6 Å². The van der Waals surface area contributed by atoms with Gasteiger partial charge in [-0.15, -0.1) is 0 Å². The van der Waals surface area contributed by atoms with Crippen LogP contribution < -0.4 is 64.5 Å². The number of ether oxygens (including phenoxy) is 3. The number of rotatable bonds is 38. The summed E-state index contributed by atoms with van der Waals surface area (Å²) in [5.41, 5.74) is 20.9. The van der Waals surface area contributed by atoms with Gasteiger partial charge in [-0.3, -0.25) is 68.4 Å². The first-order chi connectivity index (χ1) is 64.5. The fraction of sp³-hybridized carbons (Fsp3) is 0.517. The number of methoxy groups -OCH3 is 1. The molecule has 5 amide bonds. The number of hydrogen-bond acceptors (Lipinski definition) is 37. The number of aromatic nitrogens is 5. The van der Waals surface area contributed by atoms with E-state index >= 15 is 4.79 Å².